The van der Waals surface area contributed by atoms with Crippen molar-refractivity contribution in [3.63, 3.8) is 0 Å². The fourth-order valence-electron chi connectivity index (χ4n) is 4.24. The number of nitrogens with one attached hydrogen (secondary N) is 2. The molecule has 0 aromatic heterocycles. The maximum atomic E-state index is 12.5. The average Bonchev–Trinajstić information content (AvgIpc) is 2.62. The first-order chi connectivity index (χ1) is 12.5. The van der Waals surface area contributed by atoms with Crippen LogP contribution >= 0.6 is 12.4 Å². The highest BCUT2D eigenvalue weighted by Crippen LogP contribution is 2.33. The molecular formula is C20H29ClF2N2O2. The highest BCUT2D eigenvalue weighted by atomic mass is 35.5. The number of fused-ring (bicyclic) bond motifs is 1. The summed E-state index contributed by atoms with van der Waals surface area (Å²) in [5.41, 5.74) is 2.02. The Hall–Kier alpha value is -1.40. The highest BCUT2D eigenvalue weighted by Gasteiger charge is 2.26. The van der Waals surface area contributed by atoms with Gasteiger partial charge in [-0.25, -0.2) is 0 Å². The lowest BCUT2D eigenvalue weighted by Gasteiger charge is -2.30. The molecule has 2 atom stereocenters. The number of carbonyl (C=O) groups excluding carboxylic acids is 1. The number of piperidine rings is 1. The first kappa shape index (κ1) is 21.9. The number of aryl methyl sites for hydroxylation is 1. The van der Waals surface area contributed by atoms with Crippen molar-refractivity contribution in [3.8, 4) is 5.75 Å². The third-order valence-electron chi connectivity index (χ3n) is 5.69. The monoisotopic (exact) mass is 402 g/mol. The molecule has 4 nitrogen and oxygen atoms in total. The van der Waals surface area contributed by atoms with Crippen molar-refractivity contribution in [2.45, 2.75) is 58.1 Å². The summed E-state index contributed by atoms with van der Waals surface area (Å²) in [6.45, 7) is 1.42. The van der Waals surface area contributed by atoms with Crippen molar-refractivity contribution < 1.29 is 18.3 Å². The molecule has 0 spiro atoms. The standard InChI is InChI=1S/C20H28F2N2O2.ClH/c1-13(14-7-9-23-10-8-14)11-19(25)24-18-4-2-3-15-12-16(26-20(21)22)5-6-17(15)18;/h5-6,12-14,18,20,23H,2-4,7-11H2,1H3,(H,24,25);1H. The van der Waals surface area contributed by atoms with Gasteiger partial charge in [-0.15, -0.1) is 12.4 Å². The minimum Gasteiger partial charge on any atom is -0.435 e. The van der Waals surface area contributed by atoms with Gasteiger partial charge in [-0.3, -0.25) is 4.79 Å². The molecule has 7 heteroatoms. The predicted octanol–water partition coefficient (Wildman–Crippen LogP) is 4.23. The normalized spacial score (nSPS) is 21.1. The minimum absolute atomic E-state index is 0. The van der Waals surface area contributed by atoms with Crippen LogP contribution in [0.3, 0.4) is 0 Å². The molecule has 0 bridgehead atoms. The molecule has 0 saturated carbocycles. The van der Waals surface area contributed by atoms with Crippen LogP contribution in [0, 0.1) is 11.8 Å². The summed E-state index contributed by atoms with van der Waals surface area (Å²) in [6.07, 6.45) is 5.45. The second-order valence-corrected chi connectivity index (χ2v) is 7.52. The lowest BCUT2D eigenvalue weighted by Crippen LogP contribution is -2.35. The minimum atomic E-state index is -2.82. The number of ether oxygens (including phenoxy) is 1. The van der Waals surface area contributed by atoms with E-state index in [1.807, 2.05) is 6.07 Å². The molecule has 1 aromatic rings. The number of halogens is 3. The molecule has 0 radical (unpaired) electrons. The summed E-state index contributed by atoms with van der Waals surface area (Å²) >= 11 is 0. The Balaban J connectivity index is 0.00000261. The molecule has 2 N–H and O–H groups in total. The fourth-order valence-corrected chi connectivity index (χ4v) is 4.24. The van der Waals surface area contributed by atoms with Crippen LogP contribution in [0.5, 0.6) is 5.75 Å². The van der Waals surface area contributed by atoms with Crippen LogP contribution in [-0.4, -0.2) is 25.6 Å². The van der Waals surface area contributed by atoms with E-state index in [1.54, 1.807) is 12.1 Å². The maximum Gasteiger partial charge on any atom is 0.387 e. The van der Waals surface area contributed by atoms with E-state index in [0.29, 0.717) is 18.3 Å². The number of carbonyl (C=O) groups is 1. The molecule has 2 unspecified atom stereocenters. The fraction of sp³-hybridized carbons (Fsp3) is 0.650. The summed E-state index contributed by atoms with van der Waals surface area (Å²) in [6, 6.07) is 5.02. The Labute approximate surface area is 165 Å². The van der Waals surface area contributed by atoms with Gasteiger partial charge in [0.05, 0.1) is 6.04 Å². The second kappa shape index (κ2) is 10.2. The number of benzene rings is 1. The van der Waals surface area contributed by atoms with E-state index in [-0.39, 0.29) is 30.1 Å². The van der Waals surface area contributed by atoms with Crippen molar-refractivity contribution in [1.29, 1.82) is 0 Å². The Morgan fingerprint density at radius 2 is 2.04 bits per heavy atom. The molecule has 1 fully saturated rings. The number of amides is 1. The van der Waals surface area contributed by atoms with E-state index >= 15 is 0 Å². The van der Waals surface area contributed by atoms with E-state index in [0.717, 1.165) is 56.3 Å². The van der Waals surface area contributed by atoms with Gasteiger partial charge in [0, 0.05) is 6.42 Å². The Kier molecular flexibility index (Phi) is 8.29. The van der Waals surface area contributed by atoms with Gasteiger partial charge in [0.25, 0.3) is 0 Å². The topological polar surface area (TPSA) is 50.4 Å². The molecule has 1 aliphatic carbocycles. The van der Waals surface area contributed by atoms with Gasteiger partial charge in [0.15, 0.2) is 0 Å². The second-order valence-electron chi connectivity index (χ2n) is 7.52. The van der Waals surface area contributed by atoms with Gasteiger partial charge in [0.2, 0.25) is 5.91 Å². The predicted molar refractivity (Wildman–Crippen MR) is 104 cm³/mol. The van der Waals surface area contributed by atoms with Crippen molar-refractivity contribution in [2.24, 2.45) is 11.8 Å². The molecule has 1 saturated heterocycles. The van der Waals surface area contributed by atoms with Crippen LogP contribution in [0.15, 0.2) is 18.2 Å². The molecule has 1 aromatic carbocycles. The molecule has 3 rings (SSSR count). The van der Waals surface area contributed by atoms with Crippen molar-refractivity contribution in [1.82, 2.24) is 10.6 Å². The van der Waals surface area contributed by atoms with Crippen molar-refractivity contribution >= 4 is 18.3 Å². The molecule has 1 amide bonds. The van der Waals surface area contributed by atoms with Gasteiger partial charge in [0.1, 0.15) is 5.75 Å². The highest BCUT2D eigenvalue weighted by molar-refractivity contribution is 5.85. The lowest BCUT2D eigenvalue weighted by atomic mass is 9.83. The van der Waals surface area contributed by atoms with Gasteiger partial charge in [-0.05, 0) is 80.3 Å². The van der Waals surface area contributed by atoms with Crippen LogP contribution in [0.1, 0.15) is 56.2 Å². The number of rotatable bonds is 6. The molecule has 27 heavy (non-hydrogen) atoms. The van der Waals surface area contributed by atoms with E-state index in [9.17, 15) is 13.6 Å². The maximum absolute atomic E-state index is 12.5. The zero-order valence-electron chi connectivity index (χ0n) is 15.7. The van der Waals surface area contributed by atoms with E-state index in [1.165, 1.54) is 0 Å². The van der Waals surface area contributed by atoms with E-state index in [2.05, 4.69) is 22.3 Å². The number of hydrogen-bond acceptors (Lipinski definition) is 3. The number of alkyl halides is 2. The smallest absolute Gasteiger partial charge is 0.387 e. The summed E-state index contributed by atoms with van der Waals surface area (Å²) in [5, 5.41) is 6.52. The molecular weight excluding hydrogens is 374 g/mol. The summed E-state index contributed by atoms with van der Waals surface area (Å²) in [7, 11) is 0. The van der Waals surface area contributed by atoms with Crippen LogP contribution in [0.25, 0.3) is 0 Å². The zero-order chi connectivity index (χ0) is 18.5. The summed E-state index contributed by atoms with van der Waals surface area (Å²) < 4.78 is 29.3. The van der Waals surface area contributed by atoms with Gasteiger partial charge in [-0.1, -0.05) is 13.0 Å². The molecule has 1 heterocycles. The van der Waals surface area contributed by atoms with Crippen LogP contribution < -0.4 is 15.4 Å². The zero-order valence-corrected chi connectivity index (χ0v) is 16.5. The first-order valence-corrected chi connectivity index (χ1v) is 9.60. The van der Waals surface area contributed by atoms with Crippen LogP contribution in [0.2, 0.25) is 0 Å². The third-order valence-corrected chi connectivity index (χ3v) is 5.69. The summed E-state index contributed by atoms with van der Waals surface area (Å²) in [5.74, 6) is 1.25. The van der Waals surface area contributed by atoms with Crippen LogP contribution in [-0.2, 0) is 11.2 Å². The van der Waals surface area contributed by atoms with E-state index < -0.39 is 6.61 Å². The molecule has 2 aliphatic rings. The average molecular weight is 403 g/mol. The SMILES string of the molecule is CC(CC(=O)NC1CCCc2cc(OC(F)F)ccc21)C1CCNCC1.Cl. The largest absolute Gasteiger partial charge is 0.435 e. The van der Waals surface area contributed by atoms with Gasteiger partial charge >= 0.3 is 6.61 Å². The Morgan fingerprint density at radius 3 is 2.74 bits per heavy atom. The molecule has 152 valence electrons. The Morgan fingerprint density at radius 1 is 1.30 bits per heavy atom. The Bertz CT molecular complexity index is 624. The first-order valence-electron chi connectivity index (χ1n) is 9.60. The van der Waals surface area contributed by atoms with Crippen molar-refractivity contribution in [3.05, 3.63) is 29.3 Å². The summed E-state index contributed by atoms with van der Waals surface area (Å²) in [4.78, 5) is 12.5. The third kappa shape index (κ3) is 6.04. The molecule has 1 aliphatic heterocycles. The van der Waals surface area contributed by atoms with E-state index in [4.69, 9.17) is 0 Å². The quantitative estimate of drug-likeness (QED) is 0.748. The number of hydrogen-bond donors (Lipinski definition) is 2. The van der Waals surface area contributed by atoms with Gasteiger partial charge in [-0.2, -0.15) is 8.78 Å². The van der Waals surface area contributed by atoms with Crippen molar-refractivity contribution in [2.75, 3.05) is 13.1 Å². The lowest BCUT2D eigenvalue weighted by molar-refractivity contribution is -0.123. The van der Waals surface area contributed by atoms with Crippen LogP contribution in [0.4, 0.5) is 8.78 Å². The van der Waals surface area contributed by atoms with Gasteiger partial charge < -0.3 is 15.4 Å².